The molecule has 0 unspecified atom stereocenters. The van der Waals surface area contributed by atoms with Crippen LogP contribution in [0.2, 0.25) is 14.8 Å². The van der Waals surface area contributed by atoms with Crippen LogP contribution in [0.3, 0.4) is 0 Å². The summed E-state index contributed by atoms with van der Waals surface area (Å²) in [5, 5.41) is 0. The second kappa shape index (κ2) is 8.10. The van der Waals surface area contributed by atoms with E-state index in [0.29, 0.717) is 0 Å². The minimum absolute atomic E-state index is 0.228. The molecule has 26 heavy (non-hydrogen) atoms. The molecule has 0 amide bonds. The van der Waals surface area contributed by atoms with E-state index in [1.54, 1.807) is 12.1 Å². The summed E-state index contributed by atoms with van der Waals surface area (Å²) < 4.78 is 16.0. The van der Waals surface area contributed by atoms with Crippen molar-refractivity contribution in [1.82, 2.24) is 0 Å². The zero-order chi connectivity index (χ0) is 18.7. The third kappa shape index (κ3) is 4.29. The molecule has 0 N–H and O–H groups in total. The van der Waals surface area contributed by atoms with Crippen LogP contribution in [0.4, 0.5) is 4.39 Å². The molecular formula is C23H22BrFSn. The number of benzene rings is 3. The molecule has 0 aliphatic rings. The van der Waals surface area contributed by atoms with Gasteiger partial charge in [0.05, 0.1) is 0 Å². The van der Waals surface area contributed by atoms with Gasteiger partial charge in [-0.3, -0.25) is 0 Å². The van der Waals surface area contributed by atoms with Crippen molar-refractivity contribution in [3.63, 3.8) is 0 Å². The third-order valence-electron chi connectivity index (χ3n) is 4.33. The zero-order valence-electron chi connectivity index (χ0n) is 15.3. The molecule has 3 aromatic carbocycles. The van der Waals surface area contributed by atoms with Crippen LogP contribution in [0, 0.1) is 5.82 Å². The summed E-state index contributed by atoms with van der Waals surface area (Å²) in [6.45, 7) is 0. The van der Waals surface area contributed by atoms with Crippen LogP contribution in [0.25, 0.3) is 9.16 Å². The maximum absolute atomic E-state index is 13.7. The van der Waals surface area contributed by atoms with Crippen molar-refractivity contribution in [2.75, 3.05) is 0 Å². The minimum atomic E-state index is -2.56. The Bertz CT molecular complexity index is 925. The summed E-state index contributed by atoms with van der Waals surface area (Å²) >= 11 is 1.04. The Labute approximate surface area is 167 Å². The first-order valence-corrected chi connectivity index (χ1v) is 19.5. The van der Waals surface area contributed by atoms with Crippen LogP contribution in [0.15, 0.2) is 83.3 Å². The average Bonchev–Trinajstić information content (AvgIpc) is 2.61. The quantitative estimate of drug-likeness (QED) is 0.250. The van der Waals surface area contributed by atoms with Gasteiger partial charge in [-0.25, -0.2) is 0 Å². The van der Waals surface area contributed by atoms with Crippen molar-refractivity contribution in [2.45, 2.75) is 14.8 Å². The fraction of sp³-hybridized carbons (Fsp3) is 0.130. The Kier molecular flexibility index (Phi) is 6.03. The Morgan fingerprint density at radius 2 is 1.31 bits per heavy atom. The van der Waals surface area contributed by atoms with Crippen LogP contribution in [-0.2, 0) is 0 Å². The fourth-order valence-electron chi connectivity index (χ4n) is 3.29. The van der Waals surface area contributed by atoms with Crippen molar-refractivity contribution in [1.29, 1.82) is 0 Å². The third-order valence-corrected chi connectivity index (χ3v) is 10.8. The van der Waals surface area contributed by atoms with Crippen LogP contribution in [-0.4, -0.2) is 18.4 Å². The molecule has 0 saturated carbocycles. The Morgan fingerprint density at radius 3 is 1.81 bits per heavy atom. The number of halogens is 2. The first kappa shape index (κ1) is 19.4. The second-order valence-electron chi connectivity index (χ2n) is 7.36. The molecule has 3 rings (SSSR count). The molecular weight excluding hydrogens is 494 g/mol. The topological polar surface area (TPSA) is 0 Å². The molecule has 0 nitrogen and oxygen atoms in total. The van der Waals surface area contributed by atoms with Gasteiger partial charge in [0.2, 0.25) is 0 Å². The van der Waals surface area contributed by atoms with E-state index in [2.05, 4.69) is 85.3 Å². The predicted octanol–water partition coefficient (Wildman–Crippen LogP) is 7.42. The predicted molar refractivity (Wildman–Crippen MR) is 116 cm³/mol. The summed E-state index contributed by atoms with van der Waals surface area (Å²) in [5.74, 6) is -0.228. The van der Waals surface area contributed by atoms with Crippen molar-refractivity contribution in [2.24, 2.45) is 0 Å². The van der Waals surface area contributed by atoms with E-state index in [0.717, 1.165) is 10.0 Å². The van der Waals surface area contributed by atoms with Gasteiger partial charge >= 0.3 is 169 Å². The maximum atomic E-state index is 13.7. The first-order chi connectivity index (χ1) is 12.4. The van der Waals surface area contributed by atoms with Gasteiger partial charge in [0.1, 0.15) is 0 Å². The van der Waals surface area contributed by atoms with E-state index in [1.165, 1.54) is 20.3 Å². The summed E-state index contributed by atoms with van der Waals surface area (Å²) in [7, 11) is 0. The number of hydrogen-bond donors (Lipinski definition) is 0. The standard InChI is InChI=1S/C20H13BrF.3CH3.Sn/c21-20-14-17(22)11-12-18(20)19(16-9-5-2-6-10-16)13-15-7-3-1-4-8-15;;;;/h1-12,14H;3*1H3;. The monoisotopic (exact) mass is 516 g/mol. The van der Waals surface area contributed by atoms with Crippen LogP contribution >= 0.6 is 15.9 Å². The van der Waals surface area contributed by atoms with E-state index >= 15 is 0 Å². The molecule has 3 heteroatoms. The Hall–Kier alpha value is -1.39. The van der Waals surface area contributed by atoms with Gasteiger partial charge in [-0.05, 0) is 0 Å². The van der Waals surface area contributed by atoms with Crippen molar-refractivity contribution in [3.8, 4) is 0 Å². The summed E-state index contributed by atoms with van der Waals surface area (Å²) in [6.07, 6.45) is 0. The number of rotatable bonds is 4. The Morgan fingerprint density at radius 1 is 0.769 bits per heavy atom. The molecule has 0 atom stereocenters. The van der Waals surface area contributed by atoms with Gasteiger partial charge < -0.3 is 0 Å². The van der Waals surface area contributed by atoms with E-state index in [-0.39, 0.29) is 5.82 Å². The van der Waals surface area contributed by atoms with Crippen LogP contribution < -0.4 is 0 Å². The second-order valence-corrected chi connectivity index (χ2v) is 22.5. The Balaban J connectivity index is 2.42. The van der Waals surface area contributed by atoms with Crippen LogP contribution in [0.1, 0.15) is 16.7 Å². The van der Waals surface area contributed by atoms with Gasteiger partial charge in [-0.2, -0.15) is 0 Å². The molecule has 0 spiro atoms. The molecule has 0 aliphatic heterocycles. The normalized spacial score (nSPS) is 12.7. The molecule has 0 heterocycles. The van der Waals surface area contributed by atoms with Gasteiger partial charge in [0, 0.05) is 0 Å². The summed E-state index contributed by atoms with van der Waals surface area (Å²) in [4.78, 5) is 7.28. The van der Waals surface area contributed by atoms with E-state index in [4.69, 9.17) is 0 Å². The van der Waals surface area contributed by atoms with Crippen molar-refractivity contribution in [3.05, 3.63) is 106 Å². The molecule has 3 aromatic rings. The summed E-state index contributed by atoms with van der Waals surface area (Å²) in [5.41, 5.74) is 4.70. The van der Waals surface area contributed by atoms with Gasteiger partial charge in [-0.15, -0.1) is 0 Å². The molecule has 0 aromatic heterocycles. The van der Waals surface area contributed by atoms with Gasteiger partial charge in [0.15, 0.2) is 0 Å². The fourth-order valence-corrected chi connectivity index (χ4v) is 9.72. The van der Waals surface area contributed by atoms with E-state index < -0.39 is 18.4 Å². The van der Waals surface area contributed by atoms with Crippen molar-refractivity contribution < 1.29 is 4.39 Å². The van der Waals surface area contributed by atoms with Crippen LogP contribution in [0.5, 0.6) is 0 Å². The van der Waals surface area contributed by atoms with E-state index in [9.17, 15) is 4.39 Å². The summed E-state index contributed by atoms with van der Waals surface area (Å²) in [6, 6.07) is 26.1. The molecule has 0 radical (unpaired) electrons. The SMILES string of the molecule is [CH3][Sn]([CH3])([CH3])/[C](=C(/c1ccccc1)c1ccc(F)cc1Br)c1ccccc1. The van der Waals surface area contributed by atoms with Crippen molar-refractivity contribution >= 4 is 43.5 Å². The first-order valence-electron chi connectivity index (χ1n) is 8.69. The van der Waals surface area contributed by atoms with E-state index in [1.807, 2.05) is 12.1 Å². The number of hydrogen-bond acceptors (Lipinski definition) is 0. The molecule has 132 valence electrons. The molecule has 0 bridgehead atoms. The van der Waals surface area contributed by atoms with Gasteiger partial charge in [-0.1, -0.05) is 0 Å². The van der Waals surface area contributed by atoms with Gasteiger partial charge in [0.25, 0.3) is 0 Å². The zero-order valence-corrected chi connectivity index (χ0v) is 19.7. The average molecular weight is 516 g/mol. The molecule has 0 aliphatic carbocycles. The molecule has 0 saturated heterocycles. The molecule has 0 fully saturated rings.